The Balaban J connectivity index is 2.02. The first kappa shape index (κ1) is 12.7. The number of aromatic nitrogens is 2. The van der Waals surface area contributed by atoms with Gasteiger partial charge >= 0.3 is 0 Å². The summed E-state index contributed by atoms with van der Waals surface area (Å²) in [5.74, 6) is 0. The fourth-order valence-corrected chi connectivity index (χ4v) is 1.92. The van der Waals surface area contributed by atoms with E-state index in [0.29, 0.717) is 23.1 Å². The lowest BCUT2D eigenvalue weighted by atomic mass is 10.2. The largest absolute Gasteiger partial charge is 0.308 e. The van der Waals surface area contributed by atoms with Crippen LogP contribution in [-0.2, 0) is 13.1 Å². The Morgan fingerprint density at radius 2 is 2.28 bits per heavy atom. The van der Waals surface area contributed by atoms with Crippen LogP contribution in [-0.4, -0.2) is 15.1 Å². The number of H-pyrrole nitrogens is 1. The van der Waals surface area contributed by atoms with Crippen molar-refractivity contribution in [2.75, 3.05) is 0 Å². The third kappa shape index (κ3) is 3.14. The SMILES string of the molecule is O=[N+]([O-])c1cc(Br)ccc1CNCc1cn[nH]c1. The highest BCUT2D eigenvalue weighted by Gasteiger charge is 2.13. The van der Waals surface area contributed by atoms with E-state index in [2.05, 4.69) is 31.4 Å². The zero-order chi connectivity index (χ0) is 13.0. The van der Waals surface area contributed by atoms with E-state index >= 15 is 0 Å². The highest BCUT2D eigenvalue weighted by molar-refractivity contribution is 9.10. The number of nitrogens with zero attached hydrogens (tertiary/aromatic N) is 2. The Morgan fingerprint density at radius 3 is 2.94 bits per heavy atom. The molecule has 0 fully saturated rings. The summed E-state index contributed by atoms with van der Waals surface area (Å²) in [7, 11) is 0. The van der Waals surface area contributed by atoms with Crippen LogP contribution in [0.25, 0.3) is 0 Å². The summed E-state index contributed by atoms with van der Waals surface area (Å²) in [6, 6.07) is 5.04. The number of halogens is 1. The molecule has 1 aromatic heterocycles. The van der Waals surface area contributed by atoms with Crippen molar-refractivity contribution in [3.8, 4) is 0 Å². The number of hydrogen-bond donors (Lipinski definition) is 2. The molecule has 0 radical (unpaired) electrons. The number of benzene rings is 1. The van der Waals surface area contributed by atoms with Gasteiger partial charge in [0.25, 0.3) is 5.69 Å². The van der Waals surface area contributed by atoms with Gasteiger partial charge in [-0.15, -0.1) is 0 Å². The summed E-state index contributed by atoms with van der Waals surface area (Å²) in [6.45, 7) is 1.05. The highest BCUT2D eigenvalue weighted by atomic mass is 79.9. The van der Waals surface area contributed by atoms with Crippen LogP contribution in [0.5, 0.6) is 0 Å². The molecule has 2 rings (SSSR count). The molecule has 2 N–H and O–H groups in total. The maximum Gasteiger partial charge on any atom is 0.275 e. The van der Waals surface area contributed by atoms with E-state index in [1.54, 1.807) is 24.5 Å². The van der Waals surface area contributed by atoms with Crippen LogP contribution in [0.4, 0.5) is 5.69 Å². The van der Waals surface area contributed by atoms with Crippen molar-refractivity contribution in [1.29, 1.82) is 0 Å². The molecule has 18 heavy (non-hydrogen) atoms. The van der Waals surface area contributed by atoms with Gasteiger partial charge in [0.15, 0.2) is 0 Å². The summed E-state index contributed by atoms with van der Waals surface area (Å²) in [5, 5.41) is 20.6. The smallest absolute Gasteiger partial charge is 0.275 e. The predicted octanol–water partition coefficient (Wildman–Crippen LogP) is 2.37. The first-order valence-electron chi connectivity index (χ1n) is 5.28. The zero-order valence-corrected chi connectivity index (χ0v) is 11.0. The average Bonchev–Trinajstić information content (AvgIpc) is 2.84. The molecule has 0 bridgehead atoms. The summed E-state index contributed by atoms with van der Waals surface area (Å²) in [6.07, 6.45) is 3.49. The Kier molecular flexibility index (Phi) is 4.06. The first-order chi connectivity index (χ1) is 8.66. The molecule has 0 spiro atoms. The van der Waals surface area contributed by atoms with Gasteiger partial charge in [-0.3, -0.25) is 15.2 Å². The second-order valence-corrected chi connectivity index (χ2v) is 4.66. The lowest BCUT2D eigenvalue weighted by molar-refractivity contribution is -0.385. The Morgan fingerprint density at radius 1 is 1.44 bits per heavy atom. The molecule has 1 heterocycles. The number of hydrogen-bond acceptors (Lipinski definition) is 4. The standard InChI is InChI=1S/C11H11BrN4O2/c12-10-2-1-9(11(3-10)16(17)18)7-13-4-8-5-14-15-6-8/h1-3,5-6,13H,4,7H2,(H,14,15). The van der Waals surface area contributed by atoms with Crippen LogP contribution in [0.2, 0.25) is 0 Å². The molecule has 0 amide bonds. The van der Waals surface area contributed by atoms with Gasteiger partial charge < -0.3 is 5.32 Å². The van der Waals surface area contributed by atoms with Crippen molar-refractivity contribution in [1.82, 2.24) is 15.5 Å². The molecule has 1 aromatic carbocycles. The summed E-state index contributed by atoms with van der Waals surface area (Å²) >= 11 is 3.23. The van der Waals surface area contributed by atoms with E-state index < -0.39 is 0 Å². The molecule has 0 atom stereocenters. The van der Waals surface area contributed by atoms with E-state index in [4.69, 9.17) is 0 Å². The summed E-state index contributed by atoms with van der Waals surface area (Å²) in [4.78, 5) is 10.5. The van der Waals surface area contributed by atoms with Gasteiger partial charge in [-0.05, 0) is 12.1 Å². The van der Waals surface area contributed by atoms with Gasteiger partial charge in [-0.25, -0.2) is 0 Å². The normalized spacial score (nSPS) is 10.5. The fourth-order valence-electron chi connectivity index (χ4n) is 1.57. The lowest BCUT2D eigenvalue weighted by Gasteiger charge is -2.05. The van der Waals surface area contributed by atoms with Crippen LogP contribution in [0.1, 0.15) is 11.1 Å². The fraction of sp³-hybridized carbons (Fsp3) is 0.182. The molecule has 0 aliphatic carbocycles. The third-order valence-corrected chi connectivity index (χ3v) is 2.94. The van der Waals surface area contributed by atoms with Gasteiger partial charge in [-0.2, -0.15) is 5.10 Å². The maximum absolute atomic E-state index is 10.9. The van der Waals surface area contributed by atoms with Crippen molar-refractivity contribution in [2.45, 2.75) is 13.1 Å². The van der Waals surface area contributed by atoms with E-state index in [1.807, 2.05) is 0 Å². The van der Waals surface area contributed by atoms with E-state index in [1.165, 1.54) is 6.07 Å². The third-order valence-electron chi connectivity index (χ3n) is 2.44. The average molecular weight is 311 g/mol. The molecule has 6 nitrogen and oxygen atoms in total. The minimum absolute atomic E-state index is 0.115. The molecular weight excluding hydrogens is 300 g/mol. The predicted molar refractivity (Wildman–Crippen MR) is 69.9 cm³/mol. The number of rotatable bonds is 5. The zero-order valence-electron chi connectivity index (χ0n) is 9.39. The first-order valence-corrected chi connectivity index (χ1v) is 6.07. The van der Waals surface area contributed by atoms with Crippen LogP contribution < -0.4 is 5.32 Å². The molecule has 94 valence electrons. The molecule has 0 unspecified atom stereocenters. The Bertz CT molecular complexity index is 542. The molecule has 0 saturated carbocycles. The number of aromatic amines is 1. The quantitative estimate of drug-likeness (QED) is 0.656. The number of nitrogens with one attached hydrogen (secondary N) is 2. The van der Waals surface area contributed by atoms with Gasteiger partial charge in [0.2, 0.25) is 0 Å². The van der Waals surface area contributed by atoms with Gasteiger partial charge in [0.1, 0.15) is 0 Å². The Hall–Kier alpha value is -1.73. The molecular formula is C11H11BrN4O2. The summed E-state index contributed by atoms with van der Waals surface area (Å²) < 4.78 is 0.702. The van der Waals surface area contributed by atoms with Crippen LogP contribution in [0, 0.1) is 10.1 Å². The van der Waals surface area contributed by atoms with Crippen molar-refractivity contribution in [2.24, 2.45) is 0 Å². The second-order valence-electron chi connectivity index (χ2n) is 3.74. The monoisotopic (exact) mass is 310 g/mol. The van der Waals surface area contributed by atoms with Crippen molar-refractivity contribution < 1.29 is 4.92 Å². The highest BCUT2D eigenvalue weighted by Crippen LogP contribution is 2.23. The van der Waals surface area contributed by atoms with Crippen LogP contribution in [0.3, 0.4) is 0 Å². The van der Waals surface area contributed by atoms with Crippen molar-refractivity contribution >= 4 is 21.6 Å². The van der Waals surface area contributed by atoms with Crippen LogP contribution in [0.15, 0.2) is 35.1 Å². The topological polar surface area (TPSA) is 83.8 Å². The van der Waals surface area contributed by atoms with E-state index in [-0.39, 0.29) is 10.6 Å². The molecule has 0 aliphatic rings. The molecule has 0 saturated heterocycles. The van der Waals surface area contributed by atoms with Crippen LogP contribution >= 0.6 is 15.9 Å². The molecule has 2 aromatic rings. The Labute approximate surface area is 112 Å². The van der Waals surface area contributed by atoms with Gasteiger partial charge in [0, 0.05) is 41.0 Å². The molecule has 0 aliphatic heterocycles. The van der Waals surface area contributed by atoms with Crippen molar-refractivity contribution in [3.05, 3.63) is 56.3 Å². The number of nitro benzene ring substituents is 1. The summed E-state index contributed by atoms with van der Waals surface area (Å²) in [5.41, 5.74) is 1.78. The molecule has 7 heteroatoms. The maximum atomic E-state index is 10.9. The number of nitro groups is 1. The van der Waals surface area contributed by atoms with Crippen molar-refractivity contribution in [3.63, 3.8) is 0 Å². The van der Waals surface area contributed by atoms with E-state index in [9.17, 15) is 10.1 Å². The second kappa shape index (κ2) is 5.74. The minimum Gasteiger partial charge on any atom is -0.308 e. The van der Waals surface area contributed by atoms with Gasteiger partial charge in [0.05, 0.1) is 11.1 Å². The minimum atomic E-state index is -0.375. The van der Waals surface area contributed by atoms with Gasteiger partial charge in [-0.1, -0.05) is 15.9 Å². The van der Waals surface area contributed by atoms with E-state index in [0.717, 1.165) is 5.56 Å². The lowest BCUT2D eigenvalue weighted by Crippen LogP contribution is -2.13.